The van der Waals surface area contributed by atoms with Gasteiger partial charge in [-0.25, -0.2) is 0 Å². The van der Waals surface area contributed by atoms with Crippen LogP contribution in [0.4, 0.5) is 0 Å². The van der Waals surface area contributed by atoms with Gasteiger partial charge in [-0.15, -0.1) is 0 Å². The Balaban J connectivity index is 2.32. The van der Waals surface area contributed by atoms with Gasteiger partial charge in [0.2, 0.25) is 0 Å². The lowest BCUT2D eigenvalue weighted by Crippen LogP contribution is -2.51. The van der Waals surface area contributed by atoms with Gasteiger partial charge < -0.3 is 10.5 Å². The van der Waals surface area contributed by atoms with Gasteiger partial charge in [-0.3, -0.25) is 4.90 Å². The highest BCUT2D eigenvalue weighted by atomic mass is 16.5. The SMILES string of the molecule is CCCCCCCC(C)(CN)N(C)CC1CCOCC1. The molecular formula is C17H36N2O. The van der Waals surface area contributed by atoms with Crippen LogP contribution in [0.1, 0.15) is 65.2 Å². The van der Waals surface area contributed by atoms with E-state index in [0.29, 0.717) is 0 Å². The molecule has 0 aromatic rings. The average molecular weight is 284 g/mol. The van der Waals surface area contributed by atoms with Gasteiger partial charge in [0.15, 0.2) is 0 Å². The summed E-state index contributed by atoms with van der Waals surface area (Å²) in [4.78, 5) is 2.52. The highest BCUT2D eigenvalue weighted by molar-refractivity contribution is 4.87. The van der Waals surface area contributed by atoms with Crippen LogP contribution < -0.4 is 5.73 Å². The molecule has 1 unspecified atom stereocenters. The van der Waals surface area contributed by atoms with Crippen molar-refractivity contribution in [1.29, 1.82) is 0 Å². The van der Waals surface area contributed by atoms with Crippen LogP contribution in [0.2, 0.25) is 0 Å². The van der Waals surface area contributed by atoms with E-state index in [9.17, 15) is 0 Å². The first-order valence-electron chi connectivity index (χ1n) is 8.61. The van der Waals surface area contributed by atoms with Crippen molar-refractivity contribution in [3.05, 3.63) is 0 Å². The Morgan fingerprint density at radius 2 is 1.80 bits per heavy atom. The Bertz CT molecular complexity index is 241. The van der Waals surface area contributed by atoms with E-state index >= 15 is 0 Å². The maximum Gasteiger partial charge on any atom is 0.0469 e. The Morgan fingerprint density at radius 1 is 1.15 bits per heavy atom. The molecule has 1 rings (SSSR count). The molecular weight excluding hydrogens is 248 g/mol. The highest BCUT2D eigenvalue weighted by Crippen LogP contribution is 2.24. The number of ether oxygens (including phenoxy) is 1. The van der Waals surface area contributed by atoms with Crippen molar-refractivity contribution in [3.63, 3.8) is 0 Å². The van der Waals surface area contributed by atoms with Crippen molar-refractivity contribution in [2.75, 3.05) is 33.4 Å². The standard InChI is InChI=1S/C17H36N2O/c1-4-5-6-7-8-11-17(2,15-18)19(3)14-16-9-12-20-13-10-16/h16H,4-15,18H2,1-3H3. The fourth-order valence-corrected chi connectivity index (χ4v) is 3.09. The molecule has 0 amide bonds. The largest absolute Gasteiger partial charge is 0.381 e. The minimum absolute atomic E-state index is 0.171. The first-order chi connectivity index (χ1) is 9.62. The Kier molecular flexibility index (Phi) is 8.74. The predicted molar refractivity (Wildman–Crippen MR) is 87.0 cm³/mol. The van der Waals surface area contributed by atoms with Crippen LogP contribution in [-0.4, -0.2) is 43.8 Å². The predicted octanol–water partition coefficient (Wildman–Crippen LogP) is 3.42. The molecule has 1 aliphatic heterocycles. The van der Waals surface area contributed by atoms with Gasteiger partial charge in [0.05, 0.1) is 0 Å². The third-order valence-corrected chi connectivity index (χ3v) is 5.05. The second kappa shape index (κ2) is 9.75. The molecule has 0 aromatic heterocycles. The van der Waals surface area contributed by atoms with Crippen LogP contribution in [0.3, 0.4) is 0 Å². The average Bonchev–Trinajstić information content (AvgIpc) is 2.47. The normalized spacial score (nSPS) is 20.2. The zero-order chi connectivity index (χ0) is 14.8. The third-order valence-electron chi connectivity index (χ3n) is 5.05. The molecule has 3 heteroatoms. The second-order valence-electron chi connectivity index (χ2n) is 6.80. The lowest BCUT2D eigenvalue weighted by Gasteiger charge is -2.41. The lowest BCUT2D eigenvalue weighted by molar-refractivity contribution is 0.0355. The molecule has 1 fully saturated rings. The molecule has 0 aliphatic carbocycles. The van der Waals surface area contributed by atoms with Gasteiger partial charge in [0.1, 0.15) is 0 Å². The Morgan fingerprint density at radius 3 is 2.40 bits per heavy atom. The quantitative estimate of drug-likeness (QED) is 0.625. The molecule has 20 heavy (non-hydrogen) atoms. The van der Waals surface area contributed by atoms with Crippen LogP contribution in [0.5, 0.6) is 0 Å². The molecule has 1 heterocycles. The third kappa shape index (κ3) is 6.11. The number of nitrogens with zero attached hydrogens (tertiary/aromatic N) is 1. The first kappa shape index (κ1) is 17.9. The molecule has 0 radical (unpaired) electrons. The summed E-state index contributed by atoms with van der Waals surface area (Å²) in [6.07, 6.45) is 10.4. The molecule has 3 nitrogen and oxygen atoms in total. The summed E-state index contributed by atoms with van der Waals surface area (Å²) in [7, 11) is 2.26. The zero-order valence-electron chi connectivity index (χ0n) is 14.0. The molecule has 1 aliphatic rings. The van der Waals surface area contributed by atoms with Crippen molar-refractivity contribution in [1.82, 2.24) is 4.90 Å². The lowest BCUT2D eigenvalue weighted by atomic mass is 9.90. The minimum atomic E-state index is 0.171. The highest BCUT2D eigenvalue weighted by Gasteiger charge is 2.29. The molecule has 1 saturated heterocycles. The van der Waals surface area contributed by atoms with Gasteiger partial charge in [0, 0.05) is 31.8 Å². The number of rotatable bonds is 10. The van der Waals surface area contributed by atoms with Gasteiger partial charge in [-0.05, 0) is 39.2 Å². The molecule has 2 N–H and O–H groups in total. The monoisotopic (exact) mass is 284 g/mol. The van der Waals surface area contributed by atoms with Gasteiger partial charge in [-0.1, -0.05) is 39.0 Å². The van der Waals surface area contributed by atoms with Gasteiger partial charge in [-0.2, -0.15) is 0 Å². The number of hydrogen-bond donors (Lipinski definition) is 1. The topological polar surface area (TPSA) is 38.5 Å². The van der Waals surface area contributed by atoms with E-state index in [4.69, 9.17) is 10.5 Å². The van der Waals surface area contributed by atoms with Crippen LogP contribution in [0, 0.1) is 5.92 Å². The van der Waals surface area contributed by atoms with E-state index < -0.39 is 0 Å². The van der Waals surface area contributed by atoms with E-state index in [-0.39, 0.29) is 5.54 Å². The first-order valence-corrected chi connectivity index (χ1v) is 8.61. The summed E-state index contributed by atoms with van der Waals surface area (Å²) in [5.41, 5.74) is 6.26. The van der Waals surface area contributed by atoms with Crippen molar-refractivity contribution < 1.29 is 4.74 Å². The van der Waals surface area contributed by atoms with Crippen LogP contribution in [-0.2, 0) is 4.74 Å². The smallest absolute Gasteiger partial charge is 0.0469 e. The van der Waals surface area contributed by atoms with E-state index in [2.05, 4.69) is 25.8 Å². The number of hydrogen-bond acceptors (Lipinski definition) is 3. The minimum Gasteiger partial charge on any atom is -0.381 e. The fraction of sp³-hybridized carbons (Fsp3) is 1.00. The molecule has 0 spiro atoms. The number of nitrogens with two attached hydrogens (primary N) is 1. The number of unbranched alkanes of at least 4 members (excludes halogenated alkanes) is 4. The Labute approximate surface area is 126 Å². The van der Waals surface area contributed by atoms with Crippen LogP contribution >= 0.6 is 0 Å². The van der Waals surface area contributed by atoms with E-state index in [0.717, 1.165) is 25.7 Å². The van der Waals surface area contributed by atoms with Crippen molar-refractivity contribution in [3.8, 4) is 0 Å². The maximum atomic E-state index is 6.09. The summed E-state index contributed by atoms with van der Waals surface area (Å²) >= 11 is 0. The molecule has 0 bridgehead atoms. The molecule has 0 saturated carbocycles. The zero-order valence-corrected chi connectivity index (χ0v) is 14.0. The fourth-order valence-electron chi connectivity index (χ4n) is 3.09. The van der Waals surface area contributed by atoms with Crippen molar-refractivity contribution in [2.24, 2.45) is 11.7 Å². The van der Waals surface area contributed by atoms with E-state index in [1.54, 1.807) is 0 Å². The maximum absolute atomic E-state index is 6.09. The van der Waals surface area contributed by atoms with Crippen LogP contribution in [0.15, 0.2) is 0 Å². The molecule has 1 atom stereocenters. The van der Waals surface area contributed by atoms with Gasteiger partial charge in [0.25, 0.3) is 0 Å². The van der Waals surface area contributed by atoms with Gasteiger partial charge >= 0.3 is 0 Å². The Hall–Kier alpha value is -0.120. The summed E-state index contributed by atoms with van der Waals surface area (Å²) in [5.74, 6) is 0.791. The summed E-state index contributed by atoms with van der Waals surface area (Å²) in [5, 5.41) is 0. The van der Waals surface area contributed by atoms with Crippen molar-refractivity contribution >= 4 is 0 Å². The molecule has 120 valence electrons. The summed E-state index contributed by atoms with van der Waals surface area (Å²) in [6, 6.07) is 0. The number of likely N-dealkylation sites (N-methyl/N-ethyl adjacent to an activating group) is 1. The molecule has 0 aromatic carbocycles. The summed E-state index contributed by atoms with van der Waals surface area (Å²) in [6.45, 7) is 8.42. The van der Waals surface area contributed by atoms with Crippen LogP contribution in [0.25, 0.3) is 0 Å². The van der Waals surface area contributed by atoms with E-state index in [1.807, 2.05) is 0 Å². The summed E-state index contributed by atoms with van der Waals surface area (Å²) < 4.78 is 5.45. The van der Waals surface area contributed by atoms with E-state index in [1.165, 1.54) is 57.9 Å². The van der Waals surface area contributed by atoms with Crippen molar-refractivity contribution in [2.45, 2.75) is 70.8 Å². The second-order valence-corrected chi connectivity index (χ2v) is 6.80.